The Morgan fingerprint density at radius 1 is 1.20 bits per heavy atom. The van der Waals surface area contributed by atoms with E-state index in [2.05, 4.69) is 53.5 Å². The number of likely N-dealkylation sites (tertiary alicyclic amines) is 1. The second-order valence-corrected chi connectivity index (χ2v) is 8.42. The van der Waals surface area contributed by atoms with Crippen molar-refractivity contribution in [1.29, 1.82) is 0 Å². The molecule has 2 aliphatic heterocycles. The Balaban J connectivity index is 1.75. The Bertz CT molecular complexity index is 813. The van der Waals surface area contributed by atoms with E-state index in [9.17, 15) is 0 Å². The van der Waals surface area contributed by atoms with Crippen LogP contribution in [0.15, 0.2) is 46.2 Å². The average Bonchev–Trinajstić information content (AvgIpc) is 3.11. The normalized spacial score (nSPS) is 17.5. The van der Waals surface area contributed by atoms with E-state index < -0.39 is 0 Å². The number of anilines is 2. The van der Waals surface area contributed by atoms with Gasteiger partial charge in [-0.15, -0.1) is 0 Å². The van der Waals surface area contributed by atoms with E-state index in [4.69, 9.17) is 18.0 Å². The van der Waals surface area contributed by atoms with Gasteiger partial charge < -0.3 is 16.0 Å². The van der Waals surface area contributed by atoms with Crippen LogP contribution in [0, 0.1) is 0 Å². The van der Waals surface area contributed by atoms with Crippen LogP contribution < -0.4 is 11.1 Å². The maximum atomic E-state index is 6.07. The molecule has 4 rings (SSSR count). The highest BCUT2D eigenvalue weighted by Gasteiger charge is 2.26. The van der Waals surface area contributed by atoms with Crippen LogP contribution in [0.2, 0.25) is 0 Å². The SMILES string of the molecule is CC(CN1CCCC1)c1c(C(N)=S)ccc2c1Nc1ccccc1S2. The van der Waals surface area contributed by atoms with Gasteiger partial charge in [0.2, 0.25) is 0 Å². The van der Waals surface area contributed by atoms with E-state index in [1.54, 1.807) is 0 Å². The van der Waals surface area contributed by atoms with Crippen LogP contribution in [0.1, 0.15) is 36.8 Å². The molecule has 25 heavy (non-hydrogen) atoms. The first-order chi connectivity index (χ1) is 12.1. The summed E-state index contributed by atoms with van der Waals surface area (Å²) in [5, 5.41) is 3.66. The number of nitrogens with zero attached hydrogens (tertiary/aromatic N) is 1. The Kier molecular flexibility index (Phi) is 4.71. The maximum absolute atomic E-state index is 6.07. The Hall–Kier alpha value is -1.56. The lowest BCUT2D eigenvalue weighted by Gasteiger charge is -2.29. The van der Waals surface area contributed by atoms with E-state index in [0.717, 1.165) is 17.8 Å². The molecule has 1 unspecified atom stereocenters. The fourth-order valence-electron chi connectivity index (χ4n) is 3.90. The molecule has 0 bridgehead atoms. The molecule has 3 nitrogen and oxygen atoms in total. The van der Waals surface area contributed by atoms with Crippen molar-refractivity contribution in [2.75, 3.05) is 25.0 Å². The highest BCUT2D eigenvalue weighted by Crippen LogP contribution is 2.47. The van der Waals surface area contributed by atoms with E-state index in [-0.39, 0.29) is 0 Å². The average molecular weight is 370 g/mol. The molecule has 0 amide bonds. The standard InChI is InChI=1S/C20H23N3S2/c1-13(12-23-10-4-5-11-23)18-14(20(21)24)8-9-17-19(18)22-15-6-2-3-7-16(15)25-17/h2-3,6-9,13,22H,4-5,10-12H2,1H3,(H2,21,24). The van der Waals surface area contributed by atoms with Gasteiger partial charge >= 0.3 is 0 Å². The monoisotopic (exact) mass is 369 g/mol. The zero-order valence-electron chi connectivity index (χ0n) is 14.4. The highest BCUT2D eigenvalue weighted by atomic mass is 32.2. The summed E-state index contributed by atoms with van der Waals surface area (Å²) in [4.78, 5) is 5.55. The minimum atomic E-state index is 0.378. The van der Waals surface area contributed by atoms with Gasteiger partial charge in [0.15, 0.2) is 0 Å². The molecule has 0 aromatic heterocycles. The number of nitrogens with one attached hydrogen (secondary N) is 1. The molecular formula is C20H23N3S2. The molecule has 2 aromatic rings. The molecule has 1 fully saturated rings. The van der Waals surface area contributed by atoms with Crippen LogP contribution in [0.25, 0.3) is 0 Å². The van der Waals surface area contributed by atoms with Crippen LogP contribution >= 0.6 is 24.0 Å². The van der Waals surface area contributed by atoms with Gasteiger partial charge in [0.25, 0.3) is 0 Å². The molecule has 130 valence electrons. The van der Waals surface area contributed by atoms with Gasteiger partial charge in [0.1, 0.15) is 4.99 Å². The number of para-hydroxylation sites is 1. The van der Waals surface area contributed by atoms with Gasteiger partial charge in [-0.2, -0.15) is 0 Å². The van der Waals surface area contributed by atoms with Gasteiger partial charge in [-0.3, -0.25) is 0 Å². The zero-order valence-corrected chi connectivity index (χ0v) is 16.1. The maximum Gasteiger partial charge on any atom is 0.104 e. The van der Waals surface area contributed by atoms with Crippen molar-refractivity contribution in [3.63, 3.8) is 0 Å². The van der Waals surface area contributed by atoms with Gasteiger partial charge in [-0.05, 0) is 55.6 Å². The molecule has 2 heterocycles. The third-order valence-electron chi connectivity index (χ3n) is 5.06. The third kappa shape index (κ3) is 3.28. The lowest BCUT2D eigenvalue weighted by atomic mass is 9.92. The van der Waals surface area contributed by atoms with E-state index >= 15 is 0 Å². The second-order valence-electron chi connectivity index (χ2n) is 6.90. The number of rotatable bonds is 4. The van der Waals surface area contributed by atoms with Crippen molar-refractivity contribution in [1.82, 2.24) is 4.90 Å². The molecule has 0 radical (unpaired) electrons. The second kappa shape index (κ2) is 6.98. The largest absolute Gasteiger partial charge is 0.389 e. The van der Waals surface area contributed by atoms with Crippen molar-refractivity contribution < 1.29 is 0 Å². The molecular weight excluding hydrogens is 346 g/mol. The third-order valence-corrected chi connectivity index (χ3v) is 6.42. The number of thiocarbonyl (C=S) groups is 1. The summed E-state index contributed by atoms with van der Waals surface area (Å²) in [5.74, 6) is 0.378. The summed E-state index contributed by atoms with van der Waals surface area (Å²) in [7, 11) is 0. The molecule has 2 aromatic carbocycles. The summed E-state index contributed by atoms with van der Waals surface area (Å²) in [6.07, 6.45) is 2.62. The number of fused-ring (bicyclic) bond motifs is 2. The minimum Gasteiger partial charge on any atom is -0.389 e. The predicted molar refractivity (Wildman–Crippen MR) is 110 cm³/mol. The molecule has 0 aliphatic carbocycles. The lowest BCUT2D eigenvalue weighted by Crippen LogP contribution is -2.26. The van der Waals surface area contributed by atoms with Crippen LogP contribution in [-0.2, 0) is 0 Å². The van der Waals surface area contributed by atoms with E-state index in [1.807, 2.05) is 11.8 Å². The first-order valence-electron chi connectivity index (χ1n) is 8.86. The van der Waals surface area contributed by atoms with Gasteiger partial charge in [-0.25, -0.2) is 0 Å². The number of benzene rings is 2. The molecule has 0 spiro atoms. The highest BCUT2D eigenvalue weighted by molar-refractivity contribution is 7.99. The van der Waals surface area contributed by atoms with Crippen molar-refractivity contribution in [2.45, 2.75) is 35.5 Å². The minimum absolute atomic E-state index is 0.378. The first kappa shape index (κ1) is 16.9. The van der Waals surface area contributed by atoms with Crippen molar-refractivity contribution in [3.05, 3.63) is 47.5 Å². The van der Waals surface area contributed by atoms with Gasteiger partial charge in [-0.1, -0.05) is 49.1 Å². The summed E-state index contributed by atoms with van der Waals surface area (Å²) in [5.41, 5.74) is 10.7. The quantitative estimate of drug-likeness (QED) is 0.651. The van der Waals surface area contributed by atoms with Crippen LogP contribution in [0.3, 0.4) is 0 Å². The van der Waals surface area contributed by atoms with Crippen molar-refractivity contribution in [2.24, 2.45) is 5.73 Å². The van der Waals surface area contributed by atoms with Crippen LogP contribution in [0.4, 0.5) is 11.4 Å². The summed E-state index contributed by atoms with van der Waals surface area (Å²) >= 11 is 7.18. The molecule has 1 saturated heterocycles. The van der Waals surface area contributed by atoms with Gasteiger partial charge in [0.05, 0.1) is 11.4 Å². The topological polar surface area (TPSA) is 41.3 Å². The molecule has 0 saturated carbocycles. The Morgan fingerprint density at radius 2 is 1.96 bits per heavy atom. The number of hydrogen-bond acceptors (Lipinski definition) is 4. The summed E-state index contributed by atoms with van der Waals surface area (Å²) in [6.45, 7) is 5.75. The molecule has 1 atom stereocenters. The molecule has 2 aliphatic rings. The number of hydrogen-bond donors (Lipinski definition) is 2. The fourth-order valence-corrected chi connectivity index (χ4v) is 5.09. The zero-order chi connectivity index (χ0) is 17.4. The van der Waals surface area contributed by atoms with Crippen LogP contribution in [0.5, 0.6) is 0 Å². The van der Waals surface area contributed by atoms with Crippen molar-refractivity contribution >= 4 is 40.3 Å². The fraction of sp³-hybridized carbons (Fsp3) is 0.350. The molecule has 5 heteroatoms. The smallest absolute Gasteiger partial charge is 0.104 e. The predicted octanol–water partition coefficient (Wildman–Crippen LogP) is 4.73. The lowest BCUT2D eigenvalue weighted by molar-refractivity contribution is 0.321. The van der Waals surface area contributed by atoms with Gasteiger partial charge in [0, 0.05) is 21.9 Å². The summed E-state index contributed by atoms with van der Waals surface area (Å²) in [6, 6.07) is 12.7. The Morgan fingerprint density at radius 3 is 2.72 bits per heavy atom. The number of nitrogens with two attached hydrogens (primary N) is 1. The van der Waals surface area contributed by atoms with Crippen molar-refractivity contribution in [3.8, 4) is 0 Å². The summed E-state index contributed by atoms with van der Waals surface area (Å²) < 4.78 is 0. The van der Waals surface area contributed by atoms with Crippen LogP contribution in [-0.4, -0.2) is 29.5 Å². The Labute approximate surface area is 159 Å². The molecule has 3 N–H and O–H groups in total. The van der Waals surface area contributed by atoms with E-state index in [0.29, 0.717) is 10.9 Å². The van der Waals surface area contributed by atoms with E-state index in [1.165, 1.54) is 47.0 Å². The first-order valence-corrected chi connectivity index (χ1v) is 10.1.